The van der Waals surface area contributed by atoms with Crippen LogP contribution in [0, 0.1) is 0 Å². The number of amides is 1. The molecule has 4 nitrogen and oxygen atoms in total. The fraction of sp³-hybridized carbons (Fsp3) is 0.261. The average molecular weight is 360 g/mol. The summed E-state index contributed by atoms with van der Waals surface area (Å²) in [6.45, 7) is 2.16. The highest BCUT2D eigenvalue weighted by atomic mass is 16.3. The molecule has 138 valence electrons. The van der Waals surface area contributed by atoms with Crippen molar-refractivity contribution >= 4 is 5.91 Å². The van der Waals surface area contributed by atoms with Gasteiger partial charge in [-0.05, 0) is 24.1 Å². The SMILES string of the molecule is O=C1CCCN1CC(NCc1ccc(-c2ccccc2)o1)c1ccccc1. The molecule has 1 unspecified atom stereocenters. The third-order valence-corrected chi connectivity index (χ3v) is 5.02. The molecule has 4 heteroatoms. The molecule has 0 saturated carbocycles. The normalized spacial score (nSPS) is 15.3. The highest BCUT2D eigenvalue weighted by molar-refractivity contribution is 5.78. The minimum Gasteiger partial charge on any atom is -0.460 e. The molecule has 0 spiro atoms. The molecule has 2 heterocycles. The Labute approximate surface area is 159 Å². The van der Waals surface area contributed by atoms with Gasteiger partial charge >= 0.3 is 0 Å². The van der Waals surface area contributed by atoms with Crippen LogP contribution in [-0.2, 0) is 11.3 Å². The maximum atomic E-state index is 12.1. The molecule has 0 bridgehead atoms. The van der Waals surface area contributed by atoms with Gasteiger partial charge in [-0.3, -0.25) is 4.79 Å². The van der Waals surface area contributed by atoms with E-state index in [0.717, 1.165) is 30.0 Å². The second-order valence-electron chi connectivity index (χ2n) is 6.92. The van der Waals surface area contributed by atoms with Crippen LogP contribution in [0.2, 0.25) is 0 Å². The summed E-state index contributed by atoms with van der Waals surface area (Å²) in [5.74, 6) is 2.02. The number of furan rings is 1. The highest BCUT2D eigenvalue weighted by Crippen LogP contribution is 2.23. The van der Waals surface area contributed by atoms with Crippen molar-refractivity contribution in [2.75, 3.05) is 13.1 Å². The molecule has 4 rings (SSSR count). The summed E-state index contributed by atoms with van der Waals surface area (Å²) in [5, 5.41) is 3.58. The Morgan fingerprint density at radius 2 is 1.70 bits per heavy atom. The van der Waals surface area contributed by atoms with Crippen molar-refractivity contribution in [1.82, 2.24) is 10.2 Å². The Hall–Kier alpha value is -2.85. The first kappa shape index (κ1) is 17.6. The summed E-state index contributed by atoms with van der Waals surface area (Å²) in [6.07, 6.45) is 1.62. The van der Waals surface area contributed by atoms with Crippen LogP contribution in [0.15, 0.2) is 77.2 Å². The van der Waals surface area contributed by atoms with Crippen molar-refractivity contribution in [3.63, 3.8) is 0 Å². The van der Waals surface area contributed by atoms with Crippen molar-refractivity contribution in [2.24, 2.45) is 0 Å². The first-order chi connectivity index (χ1) is 13.3. The number of carbonyl (C=O) groups is 1. The lowest BCUT2D eigenvalue weighted by molar-refractivity contribution is -0.128. The van der Waals surface area contributed by atoms with Gasteiger partial charge in [0.1, 0.15) is 11.5 Å². The van der Waals surface area contributed by atoms with Gasteiger partial charge in [-0.2, -0.15) is 0 Å². The first-order valence-corrected chi connectivity index (χ1v) is 9.50. The van der Waals surface area contributed by atoms with Gasteiger partial charge in [-0.1, -0.05) is 60.7 Å². The van der Waals surface area contributed by atoms with Crippen LogP contribution in [0.1, 0.15) is 30.2 Å². The first-order valence-electron chi connectivity index (χ1n) is 9.50. The molecular weight excluding hydrogens is 336 g/mol. The predicted molar refractivity (Wildman–Crippen MR) is 106 cm³/mol. The van der Waals surface area contributed by atoms with Gasteiger partial charge in [0, 0.05) is 25.1 Å². The molecule has 1 aliphatic rings. The standard InChI is InChI=1S/C23H24N2O2/c26-23-12-7-15-25(23)17-21(18-8-3-1-4-9-18)24-16-20-13-14-22(27-20)19-10-5-2-6-11-19/h1-6,8-11,13-14,21,24H,7,12,15-17H2. The molecule has 1 saturated heterocycles. The second kappa shape index (κ2) is 8.23. The molecule has 0 radical (unpaired) electrons. The van der Waals surface area contributed by atoms with Gasteiger partial charge in [0.2, 0.25) is 5.91 Å². The van der Waals surface area contributed by atoms with Gasteiger partial charge < -0.3 is 14.6 Å². The van der Waals surface area contributed by atoms with E-state index in [2.05, 4.69) is 17.4 Å². The smallest absolute Gasteiger partial charge is 0.222 e. The highest BCUT2D eigenvalue weighted by Gasteiger charge is 2.24. The molecule has 3 aromatic rings. The summed E-state index contributed by atoms with van der Waals surface area (Å²) in [5.41, 5.74) is 2.26. The van der Waals surface area contributed by atoms with E-state index in [4.69, 9.17) is 4.42 Å². The molecule has 1 aromatic heterocycles. The lowest BCUT2D eigenvalue weighted by Crippen LogP contribution is -2.35. The second-order valence-corrected chi connectivity index (χ2v) is 6.92. The van der Waals surface area contributed by atoms with E-state index in [1.54, 1.807) is 0 Å². The van der Waals surface area contributed by atoms with E-state index in [9.17, 15) is 4.79 Å². The Kier molecular flexibility index (Phi) is 5.35. The van der Waals surface area contributed by atoms with Crippen molar-refractivity contribution in [1.29, 1.82) is 0 Å². The zero-order chi connectivity index (χ0) is 18.5. The quantitative estimate of drug-likeness (QED) is 0.679. The average Bonchev–Trinajstić information content (AvgIpc) is 3.36. The number of hydrogen-bond donors (Lipinski definition) is 1. The molecule has 1 N–H and O–H groups in total. The van der Waals surface area contributed by atoms with Crippen LogP contribution in [0.5, 0.6) is 0 Å². The molecule has 27 heavy (non-hydrogen) atoms. The van der Waals surface area contributed by atoms with Crippen LogP contribution in [0.25, 0.3) is 11.3 Å². The lowest BCUT2D eigenvalue weighted by Gasteiger charge is -2.25. The van der Waals surface area contributed by atoms with Gasteiger partial charge in [-0.25, -0.2) is 0 Å². The Morgan fingerprint density at radius 1 is 0.963 bits per heavy atom. The number of hydrogen-bond acceptors (Lipinski definition) is 3. The Bertz CT molecular complexity index is 874. The van der Waals surface area contributed by atoms with Crippen LogP contribution in [0.3, 0.4) is 0 Å². The number of carbonyl (C=O) groups excluding carboxylic acids is 1. The monoisotopic (exact) mass is 360 g/mol. The van der Waals surface area contributed by atoms with Gasteiger partial charge in [0.05, 0.1) is 12.6 Å². The van der Waals surface area contributed by atoms with Crippen molar-refractivity contribution in [3.05, 3.63) is 84.1 Å². The number of benzene rings is 2. The minimum absolute atomic E-state index is 0.0820. The molecule has 1 amide bonds. The van der Waals surface area contributed by atoms with E-state index in [1.165, 1.54) is 5.56 Å². The molecule has 1 fully saturated rings. The molecule has 0 aliphatic carbocycles. The van der Waals surface area contributed by atoms with Crippen molar-refractivity contribution in [2.45, 2.75) is 25.4 Å². The summed E-state index contributed by atoms with van der Waals surface area (Å²) in [7, 11) is 0. The third-order valence-electron chi connectivity index (χ3n) is 5.02. The Morgan fingerprint density at radius 3 is 2.41 bits per heavy atom. The van der Waals surface area contributed by atoms with Crippen LogP contribution >= 0.6 is 0 Å². The van der Waals surface area contributed by atoms with Crippen molar-refractivity contribution in [3.8, 4) is 11.3 Å². The fourth-order valence-corrected chi connectivity index (χ4v) is 3.54. The maximum Gasteiger partial charge on any atom is 0.222 e. The molecule has 2 aromatic carbocycles. The van der Waals surface area contributed by atoms with Crippen molar-refractivity contribution < 1.29 is 9.21 Å². The van der Waals surface area contributed by atoms with Crippen LogP contribution < -0.4 is 5.32 Å². The third kappa shape index (κ3) is 4.29. The van der Waals surface area contributed by atoms with Crippen LogP contribution in [-0.4, -0.2) is 23.9 Å². The number of nitrogens with one attached hydrogen (secondary N) is 1. The summed E-state index contributed by atoms with van der Waals surface area (Å²) >= 11 is 0. The fourth-order valence-electron chi connectivity index (χ4n) is 3.54. The summed E-state index contributed by atoms with van der Waals surface area (Å²) < 4.78 is 6.00. The molecular formula is C23H24N2O2. The largest absolute Gasteiger partial charge is 0.460 e. The zero-order valence-corrected chi connectivity index (χ0v) is 15.3. The van der Waals surface area contributed by atoms with E-state index in [1.807, 2.05) is 65.6 Å². The van der Waals surface area contributed by atoms with E-state index < -0.39 is 0 Å². The van der Waals surface area contributed by atoms with E-state index in [0.29, 0.717) is 19.5 Å². The van der Waals surface area contributed by atoms with Gasteiger partial charge in [0.25, 0.3) is 0 Å². The summed E-state index contributed by atoms with van der Waals surface area (Å²) in [6, 6.07) is 24.5. The summed E-state index contributed by atoms with van der Waals surface area (Å²) in [4.78, 5) is 14.0. The predicted octanol–water partition coefficient (Wildman–Crippen LogP) is 4.40. The van der Waals surface area contributed by atoms with Crippen LogP contribution in [0.4, 0.5) is 0 Å². The Balaban J connectivity index is 1.45. The zero-order valence-electron chi connectivity index (χ0n) is 15.3. The topological polar surface area (TPSA) is 45.5 Å². The number of rotatable bonds is 7. The number of likely N-dealkylation sites (tertiary alicyclic amines) is 1. The van der Waals surface area contributed by atoms with E-state index in [-0.39, 0.29) is 11.9 Å². The van der Waals surface area contributed by atoms with Gasteiger partial charge in [-0.15, -0.1) is 0 Å². The van der Waals surface area contributed by atoms with Gasteiger partial charge in [0.15, 0.2) is 0 Å². The molecule has 1 aliphatic heterocycles. The number of nitrogens with zero attached hydrogens (tertiary/aromatic N) is 1. The molecule has 1 atom stereocenters. The van der Waals surface area contributed by atoms with E-state index >= 15 is 0 Å². The minimum atomic E-state index is 0.0820. The lowest BCUT2D eigenvalue weighted by atomic mass is 10.1. The maximum absolute atomic E-state index is 12.1.